The maximum Gasteiger partial charge on any atom is 0.326 e. The highest BCUT2D eigenvalue weighted by molar-refractivity contribution is 6.07. The minimum atomic E-state index is -1.07. The molecule has 5 nitrogen and oxygen atoms in total. The van der Waals surface area contributed by atoms with Crippen molar-refractivity contribution in [2.45, 2.75) is 38.8 Å². The first-order valence-electron chi connectivity index (χ1n) is 7.93. The summed E-state index contributed by atoms with van der Waals surface area (Å²) in [6, 6.07) is 11.9. The quantitative estimate of drug-likeness (QED) is 0.853. The molecule has 5 heteroatoms. The molecule has 1 atom stereocenters. The summed E-state index contributed by atoms with van der Waals surface area (Å²) in [5, 5.41) is 13.7. The van der Waals surface area contributed by atoms with E-state index in [0.717, 1.165) is 10.8 Å². The van der Waals surface area contributed by atoms with Crippen LogP contribution in [0.25, 0.3) is 10.8 Å². The summed E-state index contributed by atoms with van der Waals surface area (Å²) in [7, 11) is 0. The molecule has 128 valence electrons. The number of aliphatic carboxylic acids is 1. The summed E-state index contributed by atoms with van der Waals surface area (Å²) in [5.74, 6) is -1.46. The van der Waals surface area contributed by atoms with E-state index in [0.29, 0.717) is 5.56 Å². The van der Waals surface area contributed by atoms with Crippen molar-refractivity contribution in [1.82, 2.24) is 5.32 Å². The van der Waals surface area contributed by atoms with Crippen LogP contribution >= 0.6 is 0 Å². The van der Waals surface area contributed by atoms with E-state index in [2.05, 4.69) is 5.32 Å². The van der Waals surface area contributed by atoms with Crippen LogP contribution in [0.15, 0.2) is 42.5 Å². The fraction of sp³-hybridized carbons (Fsp3) is 0.368. The number of carboxylic acids is 1. The molecule has 0 fully saturated rings. The van der Waals surface area contributed by atoms with Crippen molar-refractivity contribution < 1.29 is 19.4 Å². The lowest BCUT2D eigenvalue weighted by atomic mass is 10.0. The highest BCUT2D eigenvalue weighted by atomic mass is 16.5. The van der Waals surface area contributed by atoms with Gasteiger partial charge in [0.15, 0.2) is 0 Å². The summed E-state index contributed by atoms with van der Waals surface area (Å²) >= 11 is 0. The topological polar surface area (TPSA) is 75.6 Å². The molecule has 0 saturated carbocycles. The van der Waals surface area contributed by atoms with E-state index in [4.69, 9.17) is 4.74 Å². The molecule has 1 amide bonds. The Morgan fingerprint density at radius 3 is 2.46 bits per heavy atom. The van der Waals surface area contributed by atoms with E-state index in [1.807, 2.05) is 51.1 Å². The molecule has 0 aliphatic carbocycles. The van der Waals surface area contributed by atoms with Crippen LogP contribution in [0, 0.1) is 0 Å². The Morgan fingerprint density at radius 1 is 1.12 bits per heavy atom. The number of nitrogens with one attached hydrogen (secondary N) is 1. The van der Waals surface area contributed by atoms with Crippen molar-refractivity contribution >= 4 is 22.6 Å². The molecule has 2 aromatic carbocycles. The SMILES string of the molecule is CC(C)(C)OCCC(NC(=O)c1cccc2ccccc12)C(=O)O. The number of hydrogen-bond donors (Lipinski definition) is 2. The monoisotopic (exact) mass is 329 g/mol. The Bertz CT molecular complexity index is 728. The van der Waals surface area contributed by atoms with Gasteiger partial charge in [-0.1, -0.05) is 36.4 Å². The minimum Gasteiger partial charge on any atom is -0.480 e. The van der Waals surface area contributed by atoms with Crippen LogP contribution in [0.4, 0.5) is 0 Å². The molecule has 0 bridgehead atoms. The molecule has 0 radical (unpaired) electrons. The van der Waals surface area contributed by atoms with Crippen LogP contribution < -0.4 is 5.32 Å². The second kappa shape index (κ2) is 7.45. The van der Waals surface area contributed by atoms with E-state index in [9.17, 15) is 14.7 Å². The maximum atomic E-state index is 12.5. The first-order chi connectivity index (χ1) is 11.3. The summed E-state index contributed by atoms with van der Waals surface area (Å²) in [6.45, 7) is 5.96. The van der Waals surface area contributed by atoms with Gasteiger partial charge >= 0.3 is 5.97 Å². The molecule has 0 aliphatic rings. The molecule has 0 saturated heterocycles. The number of carbonyl (C=O) groups excluding carboxylic acids is 1. The van der Waals surface area contributed by atoms with Crippen LogP contribution in [0.2, 0.25) is 0 Å². The molecule has 2 rings (SSSR count). The van der Waals surface area contributed by atoms with Crippen molar-refractivity contribution in [1.29, 1.82) is 0 Å². The van der Waals surface area contributed by atoms with E-state index in [1.165, 1.54) is 0 Å². The van der Waals surface area contributed by atoms with Crippen molar-refractivity contribution in [2.75, 3.05) is 6.61 Å². The zero-order chi connectivity index (χ0) is 17.7. The van der Waals surface area contributed by atoms with Crippen molar-refractivity contribution in [2.24, 2.45) is 0 Å². The first-order valence-corrected chi connectivity index (χ1v) is 7.93. The second-order valence-electron chi connectivity index (χ2n) is 6.64. The lowest BCUT2D eigenvalue weighted by molar-refractivity contribution is -0.140. The third-order valence-electron chi connectivity index (χ3n) is 3.58. The smallest absolute Gasteiger partial charge is 0.326 e. The summed E-state index contributed by atoms with van der Waals surface area (Å²) in [6.07, 6.45) is 0.211. The van der Waals surface area contributed by atoms with Gasteiger partial charge in [-0.2, -0.15) is 0 Å². The standard InChI is InChI=1S/C19H23NO4/c1-19(2,3)24-12-11-16(18(22)23)20-17(21)15-10-6-8-13-7-4-5-9-14(13)15/h4-10,16H,11-12H2,1-3H3,(H,20,21)(H,22,23). The van der Waals surface area contributed by atoms with Gasteiger partial charge in [0, 0.05) is 18.6 Å². The molecular weight excluding hydrogens is 306 g/mol. The van der Waals surface area contributed by atoms with Gasteiger partial charge < -0.3 is 15.2 Å². The van der Waals surface area contributed by atoms with Gasteiger partial charge in [-0.25, -0.2) is 4.79 Å². The molecular formula is C19H23NO4. The van der Waals surface area contributed by atoms with Gasteiger partial charge in [0.1, 0.15) is 6.04 Å². The molecule has 0 spiro atoms. The number of fused-ring (bicyclic) bond motifs is 1. The number of rotatable bonds is 6. The lowest BCUT2D eigenvalue weighted by Crippen LogP contribution is -2.42. The molecule has 24 heavy (non-hydrogen) atoms. The first kappa shape index (κ1) is 17.9. The van der Waals surface area contributed by atoms with Gasteiger partial charge in [-0.05, 0) is 37.6 Å². The fourth-order valence-electron chi connectivity index (χ4n) is 2.40. The maximum absolute atomic E-state index is 12.5. The average Bonchev–Trinajstić information content (AvgIpc) is 2.52. The largest absolute Gasteiger partial charge is 0.480 e. The second-order valence-corrected chi connectivity index (χ2v) is 6.64. The molecule has 0 aromatic heterocycles. The third-order valence-corrected chi connectivity index (χ3v) is 3.58. The van der Waals surface area contributed by atoms with E-state index in [1.54, 1.807) is 12.1 Å². The zero-order valence-electron chi connectivity index (χ0n) is 14.2. The van der Waals surface area contributed by atoms with Crippen LogP contribution in [0.3, 0.4) is 0 Å². The van der Waals surface area contributed by atoms with Crippen molar-refractivity contribution in [3.8, 4) is 0 Å². The third kappa shape index (κ3) is 4.80. The number of carbonyl (C=O) groups is 2. The summed E-state index contributed by atoms with van der Waals surface area (Å²) in [5.41, 5.74) is 0.124. The Morgan fingerprint density at radius 2 is 1.79 bits per heavy atom. The van der Waals surface area contributed by atoms with Gasteiger partial charge in [0.2, 0.25) is 0 Å². The number of benzene rings is 2. The molecule has 0 heterocycles. The van der Waals surface area contributed by atoms with Crippen LogP contribution in [0.1, 0.15) is 37.6 Å². The van der Waals surface area contributed by atoms with Gasteiger partial charge in [-0.15, -0.1) is 0 Å². The predicted octanol–water partition coefficient (Wildman–Crippen LogP) is 3.23. The molecule has 1 unspecified atom stereocenters. The molecule has 2 aromatic rings. The minimum absolute atomic E-state index is 0.211. The van der Waals surface area contributed by atoms with Crippen molar-refractivity contribution in [3.05, 3.63) is 48.0 Å². The number of amides is 1. The normalized spacial score (nSPS) is 12.8. The van der Waals surface area contributed by atoms with Gasteiger partial charge in [0.05, 0.1) is 5.60 Å². The highest BCUT2D eigenvalue weighted by Gasteiger charge is 2.22. The lowest BCUT2D eigenvalue weighted by Gasteiger charge is -2.21. The Labute approximate surface area is 141 Å². The summed E-state index contributed by atoms with van der Waals surface area (Å²) in [4.78, 5) is 23.9. The van der Waals surface area contributed by atoms with E-state index < -0.39 is 17.9 Å². The number of hydrogen-bond acceptors (Lipinski definition) is 3. The number of ether oxygens (including phenoxy) is 1. The molecule has 0 aliphatic heterocycles. The van der Waals surface area contributed by atoms with E-state index in [-0.39, 0.29) is 18.6 Å². The number of carboxylic acid groups (broad SMARTS) is 1. The highest BCUT2D eigenvalue weighted by Crippen LogP contribution is 2.18. The van der Waals surface area contributed by atoms with Gasteiger partial charge in [-0.3, -0.25) is 4.79 Å². The van der Waals surface area contributed by atoms with E-state index >= 15 is 0 Å². The van der Waals surface area contributed by atoms with Crippen LogP contribution in [-0.4, -0.2) is 35.2 Å². The molecule has 2 N–H and O–H groups in total. The van der Waals surface area contributed by atoms with Crippen LogP contribution in [-0.2, 0) is 9.53 Å². The Hall–Kier alpha value is -2.40. The fourth-order valence-corrected chi connectivity index (χ4v) is 2.40. The predicted molar refractivity (Wildman–Crippen MR) is 93.2 cm³/mol. The average molecular weight is 329 g/mol. The Kier molecular flexibility index (Phi) is 5.57. The zero-order valence-corrected chi connectivity index (χ0v) is 14.2. The Balaban J connectivity index is 2.11. The summed E-state index contributed by atoms with van der Waals surface area (Å²) < 4.78 is 5.55. The van der Waals surface area contributed by atoms with Crippen LogP contribution in [0.5, 0.6) is 0 Å². The van der Waals surface area contributed by atoms with Crippen molar-refractivity contribution in [3.63, 3.8) is 0 Å². The van der Waals surface area contributed by atoms with Gasteiger partial charge in [0.25, 0.3) is 5.91 Å².